The average Bonchev–Trinajstić information content (AvgIpc) is 2.52. The van der Waals surface area contributed by atoms with E-state index in [0.29, 0.717) is 12.3 Å². The van der Waals surface area contributed by atoms with Gasteiger partial charge >= 0.3 is 0 Å². The zero-order chi connectivity index (χ0) is 17.5. The summed E-state index contributed by atoms with van der Waals surface area (Å²) in [6.07, 6.45) is 14.5. The maximum absolute atomic E-state index is 7.27. The first-order valence-electron chi connectivity index (χ1n) is 9.17. The highest BCUT2D eigenvalue weighted by atomic mass is 15.0. The van der Waals surface area contributed by atoms with Gasteiger partial charge in [0.25, 0.3) is 0 Å². The largest absolute Gasteiger partial charge is 0.370 e. The third-order valence-electron chi connectivity index (χ3n) is 4.00. The average molecular weight is 320 g/mol. The number of allylic oxidation sites excluding steroid dienone is 2. The van der Waals surface area contributed by atoms with Crippen LogP contribution >= 0.6 is 0 Å². The fourth-order valence-corrected chi connectivity index (χ4v) is 2.38. The molecule has 2 N–H and O–H groups in total. The van der Waals surface area contributed by atoms with E-state index in [4.69, 9.17) is 5.41 Å². The quantitative estimate of drug-likeness (QED) is 0.269. The molecular formula is C20H37N3. The summed E-state index contributed by atoms with van der Waals surface area (Å²) in [5.74, 6) is 2.15. The molecule has 0 aromatic carbocycles. The van der Waals surface area contributed by atoms with Gasteiger partial charge in [0.1, 0.15) is 5.84 Å². The fraction of sp³-hybridized carbons (Fsp3) is 0.700. The summed E-state index contributed by atoms with van der Waals surface area (Å²) in [4.78, 5) is 4.57. The zero-order valence-electron chi connectivity index (χ0n) is 15.9. The smallest absolute Gasteiger partial charge is 0.125 e. The van der Waals surface area contributed by atoms with Gasteiger partial charge in [-0.3, -0.25) is 0 Å². The van der Waals surface area contributed by atoms with E-state index in [0.717, 1.165) is 18.3 Å². The Kier molecular flexibility index (Phi) is 13.4. The van der Waals surface area contributed by atoms with Crippen LogP contribution in [0.5, 0.6) is 0 Å². The Morgan fingerprint density at radius 1 is 1.17 bits per heavy atom. The van der Waals surface area contributed by atoms with Crippen LogP contribution in [0, 0.1) is 17.2 Å². The lowest BCUT2D eigenvalue weighted by Gasteiger charge is -2.11. The minimum Gasteiger partial charge on any atom is -0.370 e. The summed E-state index contributed by atoms with van der Waals surface area (Å²) in [5.41, 5.74) is 1.19. The van der Waals surface area contributed by atoms with Crippen molar-refractivity contribution in [2.75, 3.05) is 6.54 Å². The fourth-order valence-electron chi connectivity index (χ4n) is 2.38. The van der Waals surface area contributed by atoms with Crippen LogP contribution in [0.2, 0.25) is 0 Å². The number of aliphatic imine (C=N–C) groups is 1. The molecule has 0 saturated carbocycles. The Labute approximate surface area is 143 Å². The van der Waals surface area contributed by atoms with Crippen molar-refractivity contribution >= 4 is 12.1 Å². The number of hydrogen-bond donors (Lipinski definition) is 2. The number of amidine groups is 1. The van der Waals surface area contributed by atoms with Crippen LogP contribution in [0.4, 0.5) is 0 Å². The van der Waals surface area contributed by atoms with E-state index in [2.05, 4.69) is 38.0 Å². The van der Waals surface area contributed by atoms with Gasteiger partial charge in [-0.25, -0.2) is 4.99 Å². The van der Waals surface area contributed by atoms with Crippen LogP contribution in [-0.4, -0.2) is 18.6 Å². The Hall–Kier alpha value is -1.38. The number of hydrogen-bond acceptors (Lipinski definition) is 2. The van der Waals surface area contributed by atoms with Crippen LogP contribution in [0.3, 0.4) is 0 Å². The van der Waals surface area contributed by atoms with Crippen molar-refractivity contribution in [2.24, 2.45) is 16.8 Å². The molecule has 0 rings (SSSR count). The highest BCUT2D eigenvalue weighted by Gasteiger charge is 2.03. The molecule has 0 bridgehead atoms. The maximum atomic E-state index is 7.27. The molecule has 0 spiro atoms. The lowest BCUT2D eigenvalue weighted by molar-refractivity contribution is 0.456. The molecule has 0 radical (unpaired) electrons. The SMILES string of the molecule is C/C=C/C(=N\C=C(\CC=N)C(C)C)NCCCC(C)CCCC. The van der Waals surface area contributed by atoms with Crippen LogP contribution in [0.1, 0.15) is 73.1 Å². The minimum absolute atomic E-state index is 0.423. The molecule has 23 heavy (non-hydrogen) atoms. The van der Waals surface area contributed by atoms with Crippen molar-refractivity contribution in [3.05, 3.63) is 23.9 Å². The summed E-state index contributed by atoms with van der Waals surface area (Å²) < 4.78 is 0. The minimum atomic E-state index is 0.423. The predicted octanol–water partition coefficient (Wildman–Crippen LogP) is 5.74. The van der Waals surface area contributed by atoms with E-state index in [1.807, 2.05) is 25.3 Å². The maximum Gasteiger partial charge on any atom is 0.125 e. The van der Waals surface area contributed by atoms with E-state index in [1.54, 1.807) is 0 Å². The molecule has 1 atom stereocenters. The second-order valence-electron chi connectivity index (χ2n) is 6.60. The van der Waals surface area contributed by atoms with Crippen molar-refractivity contribution in [2.45, 2.75) is 73.1 Å². The topological polar surface area (TPSA) is 48.2 Å². The lowest BCUT2D eigenvalue weighted by Crippen LogP contribution is -2.22. The van der Waals surface area contributed by atoms with Crippen molar-refractivity contribution in [3.63, 3.8) is 0 Å². The number of unbranched alkanes of at least 4 members (excludes halogenated alkanes) is 1. The summed E-state index contributed by atoms with van der Waals surface area (Å²) in [5, 5.41) is 10.7. The van der Waals surface area contributed by atoms with Crippen LogP contribution < -0.4 is 5.32 Å². The molecular weight excluding hydrogens is 282 g/mol. The van der Waals surface area contributed by atoms with E-state index in [9.17, 15) is 0 Å². The van der Waals surface area contributed by atoms with Crippen molar-refractivity contribution < 1.29 is 0 Å². The molecule has 0 aliphatic heterocycles. The van der Waals surface area contributed by atoms with Gasteiger partial charge in [0.05, 0.1) is 0 Å². The van der Waals surface area contributed by atoms with Gasteiger partial charge in [0.2, 0.25) is 0 Å². The predicted molar refractivity (Wildman–Crippen MR) is 104 cm³/mol. The molecule has 0 aromatic heterocycles. The zero-order valence-corrected chi connectivity index (χ0v) is 15.9. The third kappa shape index (κ3) is 11.8. The van der Waals surface area contributed by atoms with Crippen LogP contribution in [-0.2, 0) is 0 Å². The summed E-state index contributed by atoms with van der Waals surface area (Å²) in [6, 6.07) is 0. The normalized spacial score (nSPS) is 14.5. The van der Waals surface area contributed by atoms with Crippen LogP contribution in [0.15, 0.2) is 28.9 Å². The molecule has 0 saturated heterocycles. The van der Waals surface area contributed by atoms with Gasteiger partial charge < -0.3 is 10.7 Å². The Morgan fingerprint density at radius 3 is 2.43 bits per heavy atom. The summed E-state index contributed by atoms with van der Waals surface area (Å²) in [7, 11) is 0. The second kappa shape index (κ2) is 14.2. The van der Waals surface area contributed by atoms with Crippen LogP contribution in [0.25, 0.3) is 0 Å². The van der Waals surface area contributed by atoms with E-state index >= 15 is 0 Å². The number of nitrogens with one attached hydrogen (secondary N) is 2. The van der Waals surface area contributed by atoms with Gasteiger partial charge in [0, 0.05) is 19.2 Å². The first-order valence-corrected chi connectivity index (χ1v) is 9.17. The van der Waals surface area contributed by atoms with E-state index in [-0.39, 0.29) is 0 Å². The van der Waals surface area contributed by atoms with E-state index < -0.39 is 0 Å². The highest BCUT2D eigenvalue weighted by molar-refractivity contribution is 5.93. The van der Waals surface area contributed by atoms with Gasteiger partial charge in [-0.1, -0.05) is 53.0 Å². The molecule has 132 valence electrons. The van der Waals surface area contributed by atoms with Crippen molar-refractivity contribution in [1.82, 2.24) is 5.32 Å². The number of nitrogens with zero attached hydrogens (tertiary/aromatic N) is 1. The standard InChI is InChI=1S/C20H37N3/c1-6-8-11-18(5)12-9-15-22-20(10-7-2)23-16-19(13-14-21)17(3)4/h7,10,14,16-18,21H,6,8-9,11-13,15H2,1-5H3,(H,22,23)/b10-7+,19-16-,21-14?. The first kappa shape index (κ1) is 21.6. The highest BCUT2D eigenvalue weighted by Crippen LogP contribution is 2.14. The van der Waals surface area contributed by atoms with Crippen molar-refractivity contribution in [3.8, 4) is 0 Å². The molecule has 0 fully saturated rings. The summed E-state index contributed by atoms with van der Waals surface area (Å²) >= 11 is 0. The molecule has 0 aromatic rings. The van der Waals surface area contributed by atoms with Crippen molar-refractivity contribution in [1.29, 1.82) is 5.41 Å². The molecule has 3 heteroatoms. The summed E-state index contributed by atoms with van der Waals surface area (Å²) in [6.45, 7) is 11.9. The number of rotatable bonds is 12. The van der Waals surface area contributed by atoms with Gasteiger partial charge in [-0.15, -0.1) is 0 Å². The Morgan fingerprint density at radius 2 is 1.87 bits per heavy atom. The van der Waals surface area contributed by atoms with E-state index in [1.165, 1.54) is 43.9 Å². The van der Waals surface area contributed by atoms with Gasteiger partial charge in [-0.05, 0) is 49.5 Å². The molecule has 3 nitrogen and oxygen atoms in total. The molecule has 0 amide bonds. The first-order chi connectivity index (χ1) is 11.0. The third-order valence-corrected chi connectivity index (χ3v) is 4.00. The monoisotopic (exact) mass is 319 g/mol. The Bertz CT molecular complexity index is 392. The molecule has 1 unspecified atom stereocenters. The lowest BCUT2D eigenvalue weighted by atomic mass is 9.99. The molecule has 0 aliphatic rings. The molecule has 0 heterocycles. The molecule has 0 aliphatic carbocycles. The second-order valence-corrected chi connectivity index (χ2v) is 6.60. The van der Waals surface area contributed by atoms with Gasteiger partial charge in [-0.2, -0.15) is 0 Å². The van der Waals surface area contributed by atoms with Gasteiger partial charge in [0.15, 0.2) is 0 Å². The Balaban J connectivity index is 4.43.